The number of hydrogen-bond donors (Lipinski definition) is 0. The lowest BCUT2D eigenvalue weighted by Gasteiger charge is -2.56. The molecule has 1 aromatic carbocycles. The number of fused-ring (bicyclic) bond motifs is 2. The van der Waals surface area contributed by atoms with Crippen LogP contribution in [-0.2, 0) is 12.8 Å². The maximum Gasteiger partial charge on any atom is 0.0269 e. The standard InChI is InChI=1S/C20H32N2/c1-19(2,3)21-13-18-12-16-10-8-7-9-15(16)11-17(21)14-22(18)20(4,5)6/h7-10,17-18H,11-14H2,1-6H3/t17-,18-/m1/s1. The molecule has 1 saturated heterocycles. The van der Waals surface area contributed by atoms with E-state index in [2.05, 4.69) is 75.6 Å². The third kappa shape index (κ3) is 2.96. The van der Waals surface area contributed by atoms with Gasteiger partial charge in [-0.05, 0) is 65.5 Å². The van der Waals surface area contributed by atoms with Crippen LogP contribution >= 0.6 is 0 Å². The van der Waals surface area contributed by atoms with E-state index in [0.29, 0.717) is 12.1 Å². The summed E-state index contributed by atoms with van der Waals surface area (Å²) in [5.41, 5.74) is 3.64. The summed E-state index contributed by atoms with van der Waals surface area (Å²) in [6.07, 6.45) is 2.37. The molecule has 0 N–H and O–H groups in total. The van der Waals surface area contributed by atoms with Crippen molar-refractivity contribution in [1.82, 2.24) is 9.80 Å². The van der Waals surface area contributed by atoms with Crippen LogP contribution in [0, 0.1) is 0 Å². The molecule has 0 amide bonds. The molecule has 22 heavy (non-hydrogen) atoms. The van der Waals surface area contributed by atoms with Crippen LogP contribution in [-0.4, -0.2) is 46.1 Å². The molecular weight excluding hydrogens is 268 g/mol. The molecule has 0 radical (unpaired) electrons. The van der Waals surface area contributed by atoms with Gasteiger partial charge in [-0.25, -0.2) is 0 Å². The van der Waals surface area contributed by atoms with E-state index in [0.717, 1.165) is 0 Å². The van der Waals surface area contributed by atoms with Gasteiger partial charge in [0.05, 0.1) is 0 Å². The third-order valence-electron chi connectivity index (χ3n) is 5.45. The zero-order valence-corrected chi connectivity index (χ0v) is 15.2. The molecule has 3 aliphatic heterocycles. The predicted molar refractivity (Wildman–Crippen MR) is 94.3 cm³/mol. The van der Waals surface area contributed by atoms with Crippen molar-refractivity contribution in [3.05, 3.63) is 35.4 Å². The lowest BCUT2D eigenvalue weighted by Crippen LogP contribution is -2.68. The molecule has 0 spiro atoms. The second-order valence-corrected chi connectivity index (χ2v) is 9.13. The van der Waals surface area contributed by atoms with Crippen molar-refractivity contribution >= 4 is 0 Å². The van der Waals surface area contributed by atoms with E-state index in [9.17, 15) is 0 Å². The maximum absolute atomic E-state index is 2.76. The van der Waals surface area contributed by atoms with Gasteiger partial charge in [0.15, 0.2) is 0 Å². The summed E-state index contributed by atoms with van der Waals surface area (Å²) in [6.45, 7) is 16.6. The van der Waals surface area contributed by atoms with Crippen molar-refractivity contribution < 1.29 is 0 Å². The molecule has 0 saturated carbocycles. The molecule has 1 fully saturated rings. The number of hydrogen-bond acceptors (Lipinski definition) is 2. The summed E-state index contributed by atoms with van der Waals surface area (Å²) >= 11 is 0. The molecule has 2 nitrogen and oxygen atoms in total. The highest BCUT2D eigenvalue weighted by Crippen LogP contribution is 2.34. The molecule has 3 heterocycles. The average Bonchev–Trinajstić information content (AvgIpc) is 2.35. The van der Waals surface area contributed by atoms with Crippen LogP contribution in [0.4, 0.5) is 0 Å². The van der Waals surface area contributed by atoms with Gasteiger partial charge in [0.25, 0.3) is 0 Å². The summed E-state index contributed by atoms with van der Waals surface area (Å²) in [5, 5.41) is 0. The van der Waals surface area contributed by atoms with Gasteiger partial charge in [0.2, 0.25) is 0 Å². The zero-order valence-electron chi connectivity index (χ0n) is 15.2. The SMILES string of the molecule is CC(C)(C)N1C[C@H]2Cc3ccccc3C[C@@H]1CN2C(C)(C)C. The summed E-state index contributed by atoms with van der Waals surface area (Å²) in [4.78, 5) is 5.52. The molecule has 3 aliphatic rings. The van der Waals surface area contributed by atoms with Crippen LogP contribution in [0.25, 0.3) is 0 Å². The summed E-state index contributed by atoms with van der Waals surface area (Å²) < 4.78 is 0. The first kappa shape index (κ1) is 16.0. The molecule has 4 rings (SSSR count). The van der Waals surface area contributed by atoms with Crippen LogP contribution in [0.5, 0.6) is 0 Å². The quantitative estimate of drug-likeness (QED) is 0.720. The van der Waals surface area contributed by atoms with Gasteiger partial charge in [0.1, 0.15) is 0 Å². The molecule has 1 aromatic rings. The van der Waals surface area contributed by atoms with Crippen LogP contribution in [0.1, 0.15) is 52.7 Å². The smallest absolute Gasteiger partial charge is 0.0269 e. The van der Waals surface area contributed by atoms with Gasteiger partial charge >= 0.3 is 0 Å². The highest BCUT2D eigenvalue weighted by molar-refractivity contribution is 5.31. The Morgan fingerprint density at radius 3 is 1.41 bits per heavy atom. The highest BCUT2D eigenvalue weighted by Gasteiger charge is 2.43. The summed E-state index contributed by atoms with van der Waals surface area (Å²) in [5.74, 6) is 0. The largest absolute Gasteiger partial charge is 0.292 e. The van der Waals surface area contributed by atoms with Crippen LogP contribution in [0.3, 0.4) is 0 Å². The van der Waals surface area contributed by atoms with Crippen molar-refractivity contribution in [3.8, 4) is 0 Å². The molecule has 0 aliphatic carbocycles. The Balaban J connectivity index is 2.01. The Bertz CT molecular complexity index is 486. The number of piperazine rings is 1. The first-order valence-electron chi connectivity index (χ1n) is 8.76. The normalized spacial score (nSPS) is 27.4. The summed E-state index contributed by atoms with van der Waals surface area (Å²) in [7, 11) is 0. The van der Waals surface area contributed by atoms with Gasteiger partial charge in [-0.3, -0.25) is 9.80 Å². The van der Waals surface area contributed by atoms with Crippen molar-refractivity contribution in [3.63, 3.8) is 0 Å². The Morgan fingerprint density at radius 1 is 0.727 bits per heavy atom. The number of benzene rings is 1. The minimum absolute atomic E-state index is 0.249. The minimum atomic E-state index is 0.249. The molecule has 2 atom stereocenters. The van der Waals surface area contributed by atoms with Crippen LogP contribution < -0.4 is 0 Å². The van der Waals surface area contributed by atoms with E-state index in [4.69, 9.17) is 0 Å². The third-order valence-corrected chi connectivity index (χ3v) is 5.45. The fourth-order valence-corrected chi connectivity index (χ4v) is 4.41. The summed E-state index contributed by atoms with van der Waals surface area (Å²) in [6, 6.07) is 10.3. The zero-order chi connectivity index (χ0) is 16.1. The topological polar surface area (TPSA) is 6.48 Å². The Hall–Kier alpha value is -0.860. The fourth-order valence-electron chi connectivity index (χ4n) is 4.41. The van der Waals surface area contributed by atoms with Gasteiger partial charge in [-0.2, -0.15) is 0 Å². The van der Waals surface area contributed by atoms with E-state index in [1.807, 2.05) is 0 Å². The van der Waals surface area contributed by atoms with E-state index in [1.54, 1.807) is 11.1 Å². The molecular formula is C20H32N2. The number of nitrogens with zero attached hydrogens (tertiary/aromatic N) is 2. The van der Waals surface area contributed by atoms with Gasteiger partial charge < -0.3 is 0 Å². The van der Waals surface area contributed by atoms with Crippen molar-refractivity contribution in [2.24, 2.45) is 0 Å². The second-order valence-electron chi connectivity index (χ2n) is 9.13. The minimum Gasteiger partial charge on any atom is -0.292 e. The monoisotopic (exact) mass is 300 g/mol. The molecule has 0 unspecified atom stereocenters. The first-order valence-corrected chi connectivity index (χ1v) is 8.76. The van der Waals surface area contributed by atoms with Gasteiger partial charge in [-0.1, -0.05) is 24.3 Å². The Morgan fingerprint density at radius 2 is 1.09 bits per heavy atom. The van der Waals surface area contributed by atoms with Crippen molar-refractivity contribution in [2.45, 2.75) is 77.5 Å². The van der Waals surface area contributed by atoms with Crippen LogP contribution in [0.15, 0.2) is 24.3 Å². The van der Waals surface area contributed by atoms with E-state index >= 15 is 0 Å². The maximum atomic E-state index is 2.76. The number of rotatable bonds is 0. The van der Waals surface area contributed by atoms with E-state index < -0.39 is 0 Å². The van der Waals surface area contributed by atoms with Crippen molar-refractivity contribution in [1.29, 1.82) is 0 Å². The van der Waals surface area contributed by atoms with E-state index in [1.165, 1.54) is 25.9 Å². The molecule has 122 valence electrons. The Kier molecular flexibility index (Phi) is 3.89. The van der Waals surface area contributed by atoms with Crippen molar-refractivity contribution in [2.75, 3.05) is 13.1 Å². The lowest BCUT2D eigenvalue weighted by atomic mass is 9.83. The molecule has 2 bridgehead atoms. The van der Waals surface area contributed by atoms with Gasteiger partial charge in [-0.15, -0.1) is 0 Å². The molecule has 2 heteroatoms. The van der Waals surface area contributed by atoms with Crippen LogP contribution in [0.2, 0.25) is 0 Å². The highest BCUT2D eigenvalue weighted by atomic mass is 15.4. The first-order chi connectivity index (χ1) is 10.2. The van der Waals surface area contributed by atoms with E-state index in [-0.39, 0.29) is 11.1 Å². The lowest BCUT2D eigenvalue weighted by molar-refractivity contribution is -0.0608. The van der Waals surface area contributed by atoms with Gasteiger partial charge in [0, 0.05) is 36.3 Å². The fraction of sp³-hybridized carbons (Fsp3) is 0.700. The molecule has 0 aromatic heterocycles. The average molecular weight is 300 g/mol. The predicted octanol–water partition coefficient (Wildman–Crippen LogP) is 3.74. The second kappa shape index (κ2) is 5.35. The Labute approximate surface area is 136 Å².